The molecule has 0 N–H and O–H groups in total. The summed E-state index contributed by atoms with van der Waals surface area (Å²) in [6.07, 6.45) is 2.50. The minimum atomic E-state index is -0.102. The van der Waals surface area contributed by atoms with Crippen molar-refractivity contribution in [3.8, 4) is 17.1 Å². The number of hydrogen-bond donors (Lipinski definition) is 0. The van der Waals surface area contributed by atoms with E-state index in [1.165, 1.54) is 6.07 Å². The molecule has 0 unspecified atom stereocenters. The maximum absolute atomic E-state index is 12.5. The topological polar surface area (TPSA) is 39.4 Å². The van der Waals surface area contributed by atoms with Gasteiger partial charge in [0.25, 0.3) is 0 Å². The predicted molar refractivity (Wildman–Crippen MR) is 88.2 cm³/mol. The summed E-state index contributed by atoms with van der Waals surface area (Å²) >= 11 is 0. The summed E-state index contributed by atoms with van der Waals surface area (Å²) in [7, 11) is 0. The van der Waals surface area contributed by atoms with Gasteiger partial charge in [-0.3, -0.25) is 4.79 Å². The third-order valence-corrected chi connectivity index (χ3v) is 3.35. The second kappa shape index (κ2) is 6.31. The summed E-state index contributed by atoms with van der Waals surface area (Å²) in [5, 5.41) is 0.478. The summed E-state index contributed by atoms with van der Waals surface area (Å²) in [6.45, 7) is 4.15. The molecule has 0 atom stereocenters. The van der Waals surface area contributed by atoms with E-state index in [2.05, 4.69) is 6.58 Å². The molecule has 0 spiro atoms. The van der Waals surface area contributed by atoms with E-state index in [1.54, 1.807) is 18.2 Å². The van der Waals surface area contributed by atoms with Crippen LogP contribution in [0, 0.1) is 0 Å². The average Bonchev–Trinajstić information content (AvgIpc) is 2.55. The molecule has 3 rings (SSSR count). The van der Waals surface area contributed by atoms with Crippen molar-refractivity contribution in [2.24, 2.45) is 0 Å². The molecule has 110 valence electrons. The standard InChI is InChI=1S/C19H16O3/c1-2-3-12-21-16-10-7-11-17-19(16)15(20)13-18(22-17)14-8-5-4-6-9-14/h2,4-11,13H,1,3,12H2. The zero-order valence-electron chi connectivity index (χ0n) is 12.1. The van der Waals surface area contributed by atoms with E-state index >= 15 is 0 Å². The van der Waals surface area contributed by atoms with Crippen LogP contribution in [-0.2, 0) is 0 Å². The van der Waals surface area contributed by atoms with E-state index in [0.717, 1.165) is 12.0 Å². The van der Waals surface area contributed by atoms with E-state index in [1.807, 2.05) is 36.4 Å². The molecule has 1 aromatic heterocycles. The molecule has 0 radical (unpaired) electrons. The zero-order chi connectivity index (χ0) is 15.4. The van der Waals surface area contributed by atoms with Gasteiger partial charge in [-0.1, -0.05) is 42.5 Å². The maximum atomic E-state index is 12.5. The highest BCUT2D eigenvalue weighted by atomic mass is 16.5. The molecule has 0 saturated heterocycles. The van der Waals surface area contributed by atoms with Crippen LogP contribution in [0.3, 0.4) is 0 Å². The Bertz CT molecular complexity index is 847. The van der Waals surface area contributed by atoms with Crippen molar-refractivity contribution in [1.29, 1.82) is 0 Å². The zero-order valence-corrected chi connectivity index (χ0v) is 12.1. The van der Waals surface area contributed by atoms with Crippen LogP contribution in [0.25, 0.3) is 22.3 Å². The lowest BCUT2D eigenvalue weighted by Gasteiger charge is -2.08. The summed E-state index contributed by atoms with van der Waals surface area (Å²) in [4.78, 5) is 12.5. The Kier molecular flexibility index (Phi) is 4.05. The van der Waals surface area contributed by atoms with Crippen molar-refractivity contribution in [3.63, 3.8) is 0 Å². The van der Waals surface area contributed by atoms with Gasteiger partial charge >= 0.3 is 0 Å². The number of ether oxygens (including phenoxy) is 1. The molecule has 22 heavy (non-hydrogen) atoms. The second-order valence-electron chi connectivity index (χ2n) is 4.90. The van der Waals surface area contributed by atoms with E-state index < -0.39 is 0 Å². The van der Waals surface area contributed by atoms with Crippen molar-refractivity contribution in [2.45, 2.75) is 6.42 Å². The molecule has 0 bridgehead atoms. The normalized spacial score (nSPS) is 10.5. The van der Waals surface area contributed by atoms with E-state index in [4.69, 9.17) is 9.15 Å². The van der Waals surface area contributed by atoms with Crippen molar-refractivity contribution in [1.82, 2.24) is 0 Å². The van der Waals surface area contributed by atoms with Gasteiger partial charge in [0.1, 0.15) is 22.5 Å². The highest BCUT2D eigenvalue weighted by Gasteiger charge is 2.11. The van der Waals surface area contributed by atoms with Crippen molar-refractivity contribution < 1.29 is 9.15 Å². The molecular formula is C19H16O3. The highest BCUT2D eigenvalue weighted by molar-refractivity contribution is 5.84. The van der Waals surface area contributed by atoms with Gasteiger partial charge in [-0.2, -0.15) is 0 Å². The molecule has 0 aliphatic heterocycles. The fraction of sp³-hybridized carbons (Fsp3) is 0.105. The van der Waals surface area contributed by atoms with Gasteiger partial charge in [0.15, 0.2) is 5.43 Å². The smallest absolute Gasteiger partial charge is 0.197 e. The Hall–Kier alpha value is -2.81. The first-order valence-electron chi connectivity index (χ1n) is 7.15. The first-order valence-corrected chi connectivity index (χ1v) is 7.15. The lowest BCUT2D eigenvalue weighted by Crippen LogP contribution is -2.04. The largest absolute Gasteiger partial charge is 0.492 e. The Morgan fingerprint density at radius 2 is 1.91 bits per heavy atom. The molecule has 3 nitrogen and oxygen atoms in total. The summed E-state index contributed by atoms with van der Waals surface area (Å²) in [5.41, 5.74) is 1.30. The van der Waals surface area contributed by atoms with Gasteiger partial charge in [0, 0.05) is 11.6 Å². The van der Waals surface area contributed by atoms with Gasteiger partial charge in [-0.25, -0.2) is 0 Å². The monoisotopic (exact) mass is 292 g/mol. The van der Waals surface area contributed by atoms with Gasteiger partial charge in [0.05, 0.1) is 6.61 Å². The minimum Gasteiger partial charge on any atom is -0.492 e. The maximum Gasteiger partial charge on any atom is 0.197 e. The van der Waals surface area contributed by atoms with Crippen LogP contribution in [0.15, 0.2) is 76.5 Å². The van der Waals surface area contributed by atoms with E-state index in [0.29, 0.717) is 29.1 Å². The van der Waals surface area contributed by atoms with Crippen LogP contribution in [0.2, 0.25) is 0 Å². The second-order valence-corrected chi connectivity index (χ2v) is 4.90. The van der Waals surface area contributed by atoms with E-state index in [-0.39, 0.29) is 5.43 Å². The first-order chi connectivity index (χ1) is 10.8. The lowest BCUT2D eigenvalue weighted by atomic mass is 10.1. The number of hydrogen-bond acceptors (Lipinski definition) is 3. The van der Waals surface area contributed by atoms with Crippen molar-refractivity contribution in [2.75, 3.05) is 6.61 Å². The SMILES string of the molecule is C=CCCOc1cccc2oc(-c3ccccc3)cc(=O)c12. The van der Waals surface area contributed by atoms with Crippen LogP contribution < -0.4 is 10.2 Å². The average molecular weight is 292 g/mol. The third kappa shape index (κ3) is 2.79. The molecule has 0 aliphatic carbocycles. The Morgan fingerprint density at radius 3 is 2.68 bits per heavy atom. The molecule has 2 aromatic carbocycles. The third-order valence-electron chi connectivity index (χ3n) is 3.35. The Labute approximate surface area is 128 Å². The van der Waals surface area contributed by atoms with Gasteiger partial charge < -0.3 is 9.15 Å². The summed E-state index contributed by atoms with van der Waals surface area (Å²) in [5.74, 6) is 1.11. The predicted octanol–water partition coefficient (Wildman–Crippen LogP) is 4.41. The first kappa shape index (κ1) is 14.1. The molecule has 3 aromatic rings. The number of fused-ring (bicyclic) bond motifs is 1. The summed E-state index contributed by atoms with van der Waals surface area (Å²) in [6, 6.07) is 16.5. The van der Waals surface area contributed by atoms with Crippen molar-refractivity contribution >= 4 is 11.0 Å². The molecule has 0 amide bonds. The molecular weight excluding hydrogens is 276 g/mol. The fourth-order valence-corrected chi connectivity index (χ4v) is 2.30. The lowest BCUT2D eigenvalue weighted by molar-refractivity contribution is 0.328. The van der Waals surface area contributed by atoms with Gasteiger partial charge in [-0.05, 0) is 18.6 Å². The van der Waals surface area contributed by atoms with Crippen LogP contribution in [0.4, 0.5) is 0 Å². The Balaban J connectivity index is 2.09. The number of rotatable bonds is 5. The van der Waals surface area contributed by atoms with Gasteiger partial charge in [0.2, 0.25) is 0 Å². The Morgan fingerprint density at radius 1 is 1.09 bits per heavy atom. The van der Waals surface area contributed by atoms with Crippen LogP contribution >= 0.6 is 0 Å². The van der Waals surface area contributed by atoms with E-state index in [9.17, 15) is 4.79 Å². The molecule has 0 fully saturated rings. The minimum absolute atomic E-state index is 0.102. The van der Waals surface area contributed by atoms with Crippen LogP contribution in [0.5, 0.6) is 5.75 Å². The van der Waals surface area contributed by atoms with Crippen LogP contribution in [0.1, 0.15) is 6.42 Å². The number of benzene rings is 2. The highest BCUT2D eigenvalue weighted by Crippen LogP contribution is 2.27. The molecule has 3 heteroatoms. The quantitative estimate of drug-likeness (QED) is 0.516. The summed E-state index contributed by atoms with van der Waals surface area (Å²) < 4.78 is 11.5. The van der Waals surface area contributed by atoms with Gasteiger partial charge in [-0.15, -0.1) is 6.58 Å². The molecule has 0 saturated carbocycles. The molecule has 0 aliphatic rings. The van der Waals surface area contributed by atoms with Crippen molar-refractivity contribution in [3.05, 3.63) is 77.5 Å². The molecule has 1 heterocycles. The fourth-order valence-electron chi connectivity index (χ4n) is 2.30. The van der Waals surface area contributed by atoms with Crippen LogP contribution in [-0.4, -0.2) is 6.61 Å².